The average Bonchev–Trinajstić information content (AvgIpc) is 2.54. The highest BCUT2D eigenvalue weighted by atomic mass is 16.4. The lowest BCUT2D eigenvalue weighted by atomic mass is 9.89. The number of rotatable bonds is 6. The third-order valence-electron chi connectivity index (χ3n) is 5.26. The Hall–Kier alpha value is -1.35. The van der Waals surface area contributed by atoms with Gasteiger partial charge < -0.3 is 10.0 Å². The highest BCUT2D eigenvalue weighted by Gasteiger charge is 2.22. The molecular formula is C20H31NO2. The van der Waals surface area contributed by atoms with E-state index in [1.807, 2.05) is 6.07 Å². The van der Waals surface area contributed by atoms with Gasteiger partial charge in [-0.2, -0.15) is 0 Å². The Morgan fingerprint density at radius 1 is 1.22 bits per heavy atom. The molecule has 2 rings (SSSR count). The maximum atomic E-state index is 11.6. The largest absolute Gasteiger partial charge is 0.478 e. The van der Waals surface area contributed by atoms with Gasteiger partial charge in [0.2, 0.25) is 0 Å². The lowest BCUT2D eigenvalue weighted by molar-refractivity contribution is 0.0694. The van der Waals surface area contributed by atoms with Crippen LogP contribution >= 0.6 is 0 Å². The minimum absolute atomic E-state index is 0.228. The van der Waals surface area contributed by atoms with Crippen molar-refractivity contribution in [3.8, 4) is 0 Å². The molecule has 1 aromatic rings. The van der Waals surface area contributed by atoms with Gasteiger partial charge in [0.1, 0.15) is 0 Å². The lowest BCUT2D eigenvalue weighted by Gasteiger charge is -2.33. The van der Waals surface area contributed by atoms with Crippen LogP contribution in [-0.2, 0) is 0 Å². The number of benzene rings is 1. The standard InChI is InChI=1S/C20H31NO2/c1-14(2)16-10-11-18(20(22)23)19(12-16)15(3)13-21(4)17-8-6-5-7-9-17/h10-12,14-15,17H,5-9,13H2,1-4H3,(H,22,23). The van der Waals surface area contributed by atoms with Crippen LogP contribution in [0.5, 0.6) is 0 Å². The molecular weight excluding hydrogens is 286 g/mol. The first-order chi connectivity index (χ1) is 10.9. The van der Waals surface area contributed by atoms with Crippen LogP contribution in [0.15, 0.2) is 18.2 Å². The Kier molecular flexibility index (Phi) is 6.23. The summed E-state index contributed by atoms with van der Waals surface area (Å²) in [6, 6.07) is 6.50. The van der Waals surface area contributed by atoms with Gasteiger partial charge in [-0.15, -0.1) is 0 Å². The molecule has 0 aliphatic heterocycles. The third kappa shape index (κ3) is 4.57. The molecule has 0 saturated heterocycles. The predicted octanol–water partition coefficient (Wildman–Crippen LogP) is 4.88. The van der Waals surface area contributed by atoms with E-state index in [1.54, 1.807) is 6.07 Å². The number of hydrogen-bond donors (Lipinski definition) is 1. The summed E-state index contributed by atoms with van der Waals surface area (Å²) < 4.78 is 0. The van der Waals surface area contributed by atoms with Crippen LogP contribution in [0.25, 0.3) is 0 Å². The van der Waals surface area contributed by atoms with Gasteiger partial charge in [-0.3, -0.25) is 0 Å². The fourth-order valence-corrected chi connectivity index (χ4v) is 3.74. The van der Waals surface area contributed by atoms with Crippen LogP contribution in [0.2, 0.25) is 0 Å². The van der Waals surface area contributed by atoms with Crippen molar-refractivity contribution < 1.29 is 9.90 Å². The molecule has 0 spiro atoms. The van der Waals surface area contributed by atoms with Crippen LogP contribution < -0.4 is 0 Å². The first-order valence-corrected chi connectivity index (χ1v) is 8.97. The fourth-order valence-electron chi connectivity index (χ4n) is 3.74. The number of carboxylic acids is 1. The van der Waals surface area contributed by atoms with Gasteiger partial charge >= 0.3 is 5.97 Å². The van der Waals surface area contributed by atoms with Crippen LogP contribution in [0, 0.1) is 0 Å². The van der Waals surface area contributed by atoms with E-state index in [9.17, 15) is 9.90 Å². The minimum atomic E-state index is -0.817. The smallest absolute Gasteiger partial charge is 0.335 e. The molecule has 1 unspecified atom stereocenters. The molecule has 1 aromatic carbocycles. The van der Waals surface area contributed by atoms with E-state index < -0.39 is 5.97 Å². The molecule has 1 atom stereocenters. The van der Waals surface area contributed by atoms with Gasteiger partial charge in [-0.1, -0.05) is 52.2 Å². The van der Waals surface area contributed by atoms with Crippen molar-refractivity contribution in [1.82, 2.24) is 4.90 Å². The van der Waals surface area contributed by atoms with E-state index in [0.29, 0.717) is 17.5 Å². The maximum absolute atomic E-state index is 11.6. The second kappa shape index (κ2) is 7.96. The quantitative estimate of drug-likeness (QED) is 0.813. The topological polar surface area (TPSA) is 40.5 Å². The average molecular weight is 317 g/mol. The second-order valence-corrected chi connectivity index (χ2v) is 7.44. The summed E-state index contributed by atoms with van der Waals surface area (Å²) in [7, 11) is 2.19. The van der Waals surface area contributed by atoms with E-state index in [1.165, 1.54) is 37.7 Å². The van der Waals surface area contributed by atoms with Crippen molar-refractivity contribution in [2.24, 2.45) is 0 Å². The van der Waals surface area contributed by atoms with E-state index >= 15 is 0 Å². The molecule has 23 heavy (non-hydrogen) atoms. The van der Waals surface area contributed by atoms with Gasteiger partial charge in [-0.25, -0.2) is 4.79 Å². The van der Waals surface area contributed by atoms with Gasteiger partial charge in [0.25, 0.3) is 0 Å². The van der Waals surface area contributed by atoms with Crippen LogP contribution in [0.1, 0.15) is 86.2 Å². The van der Waals surface area contributed by atoms with Crippen molar-refractivity contribution in [3.05, 3.63) is 34.9 Å². The predicted molar refractivity (Wildman–Crippen MR) is 95.4 cm³/mol. The Morgan fingerprint density at radius 2 is 1.87 bits per heavy atom. The number of nitrogens with zero attached hydrogens (tertiary/aromatic N) is 1. The molecule has 0 bridgehead atoms. The molecule has 0 heterocycles. The molecule has 1 saturated carbocycles. The van der Waals surface area contributed by atoms with Gasteiger partial charge in [0.15, 0.2) is 0 Å². The number of aromatic carboxylic acids is 1. The highest BCUT2D eigenvalue weighted by molar-refractivity contribution is 5.89. The van der Waals surface area contributed by atoms with Crippen molar-refractivity contribution in [3.63, 3.8) is 0 Å². The van der Waals surface area contributed by atoms with Crippen molar-refractivity contribution in [2.75, 3.05) is 13.6 Å². The van der Waals surface area contributed by atoms with Crippen LogP contribution in [0.3, 0.4) is 0 Å². The first kappa shape index (κ1) is 18.0. The minimum Gasteiger partial charge on any atom is -0.478 e. The van der Waals surface area contributed by atoms with Crippen molar-refractivity contribution in [2.45, 2.75) is 70.8 Å². The Balaban J connectivity index is 2.17. The van der Waals surface area contributed by atoms with E-state index in [0.717, 1.165) is 12.1 Å². The van der Waals surface area contributed by atoms with E-state index in [4.69, 9.17) is 0 Å². The molecule has 3 heteroatoms. The summed E-state index contributed by atoms with van der Waals surface area (Å²) >= 11 is 0. The normalized spacial score (nSPS) is 17.7. The summed E-state index contributed by atoms with van der Waals surface area (Å²) in [5.74, 6) is -0.172. The summed E-state index contributed by atoms with van der Waals surface area (Å²) in [5.41, 5.74) is 2.66. The zero-order valence-electron chi connectivity index (χ0n) is 15.0. The molecule has 3 nitrogen and oxygen atoms in total. The molecule has 1 fully saturated rings. The summed E-state index contributed by atoms with van der Waals surface area (Å²) in [4.78, 5) is 14.0. The SMILES string of the molecule is CC(C)c1ccc(C(=O)O)c(C(C)CN(C)C2CCCCC2)c1. The second-order valence-electron chi connectivity index (χ2n) is 7.44. The zero-order valence-corrected chi connectivity index (χ0v) is 15.0. The third-order valence-corrected chi connectivity index (χ3v) is 5.26. The van der Waals surface area contributed by atoms with Crippen LogP contribution in [0.4, 0.5) is 0 Å². The zero-order chi connectivity index (χ0) is 17.0. The Labute approximate surface area is 140 Å². The number of carboxylic acid groups (broad SMARTS) is 1. The number of likely N-dealkylation sites (N-methyl/N-ethyl adjacent to an activating group) is 1. The molecule has 0 aromatic heterocycles. The lowest BCUT2D eigenvalue weighted by Crippen LogP contribution is -2.36. The number of carbonyl (C=O) groups is 1. The summed E-state index contributed by atoms with van der Waals surface area (Å²) in [6.45, 7) is 7.38. The number of hydrogen-bond acceptors (Lipinski definition) is 2. The van der Waals surface area contributed by atoms with Gasteiger partial charge in [0.05, 0.1) is 5.56 Å². The van der Waals surface area contributed by atoms with Crippen LogP contribution in [-0.4, -0.2) is 35.6 Å². The Bertz CT molecular complexity index is 532. The Morgan fingerprint density at radius 3 is 2.43 bits per heavy atom. The molecule has 1 N–H and O–H groups in total. The molecule has 128 valence electrons. The molecule has 0 radical (unpaired) electrons. The van der Waals surface area contributed by atoms with Gasteiger partial charge in [-0.05, 0) is 48.9 Å². The van der Waals surface area contributed by atoms with Crippen molar-refractivity contribution in [1.29, 1.82) is 0 Å². The van der Waals surface area contributed by atoms with Gasteiger partial charge in [0, 0.05) is 12.6 Å². The highest BCUT2D eigenvalue weighted by Crippen LogP contribution is 2.28. The fraction of sp³-hybridized carbons (Fsp3) is 0.650. The first-order valence-electron chi connectivity index (χ1n) is 8.97. The summed E-state index contributed by atoms with van der Waals surface area (Å²) in [6.07, 6.45) is 6.57. The maximum Gasteiger partial charge on any atom is 0.335 e. The monoisotopic (exact) mass is 317 g/mol. The molecule has 1 aliphatic rings. The van der Waals surface area contributed by atoms with E-state index in [2.05, 4.69) is 38.8 Å². The molecule has 0 amide bonds. The van der Waals surface area contributed by atoms with Crippen molar-refractivity contribution >= 4 is 5.97 Å². The molecule has 1 aliphatic carbocycles. The summed E-state index contributed by atoms with van der Waals surface area (Å²) in [5, 5.41) is 9.51. The van der Waals surface area contributed by atoms with E-state index in [-0.39, 0.29) is 5.92 Å².